The fourth-order valence-corrected chi connectivity index (χ4v) is 5.84. The molecule has 0 rings (SSSR count). The van der Waals surface area contributed by atoms with Crippen molar-refractivity contribution >= 4 is 17.9 Å². The summed E-state index contributed by atoms with van der Waals surface area (Å²) in [4.78, 5) is 36.8. The largest absolute Gasteiger partial charge is 0.544 e. The van der Waals surface area contributed by atoms with E-state index in [-0.39, 0.29) is 42.7 Å². The molecule has 0 radical (unpaired) electrons. The molecule has 0 bridgehead atoms. The first-order valence-corrected chi connectivity index (χ1v) is 21.4. The van der Waals surface area contributed by atoms with Crippen LogP contribution in [0, 0.1) is 0 Å². The highest BCUT2D eigenvalue weighted by Gasteiger charge is 2.25. The van der Waals surface area contributed by atoms with Crippen molar-refractivity contribution in [1.82, 2.24) is 0 Å². The number of hydrogen-bond donors (Lipinski definition) is 0. The number of nitrogens with zero attached hydrogens (tertiary/aromatic N) is 1. The summed E-state index contributed by atoms with van der Waals surface area (Å²) in [5.74, 6) is -1.78. The van der Waals surface area contributed by atoms with Crippen molar-refractivity contribution in [3.63, 3.8) is 0 Å². The third kappa shape index (κ3) is 34.8. The highest BCUT2D eigenvalue weighted by molar-refractivity contribution is 5.70. The number of hydrogen-bond acceptors (Lipinski definition) is 7. The van der Waals surface area contributed by atoms with Crippen LogP contribution in [-0.4, -0.2) is 75.5 Å². The average molecular weight is 758 g/mol. The molecule has 0 spiro atoms. The zero-order chi connectivity index (χ0) is 40.0. The van der Waals surface area contributed by atoms with Crippen LogP contribution < -0.4 is 5.11 Å². The van der Waals surface area contributed by atoms with Gasteiger partial charge in [0.05, 0.1) is 40.3 Å². The molecule has 310 valence electrons. The molecule has 8 nitrogen and oxygen atoms in total. The minimum absolute atomic E-state index is 0.0259. The lowest BCUT2D eigenvalue weighted by Gasteiger charge is -2.34. The number of likely N-dealkylation sites (N-methyl/N-ethyl adjacent to an activating group) is 1. The molecule has 0 saturated heterocycles. The Morgan fingerprint density at radius 3 is 1.50 bits per heavy atom. The number of carbonyl (C=O) groups is 3. The highest BCUT2D eigenvalue weighted by Crippen LogP contribution is 2.13. The van der Waals surface area contributed by atoms with E-state index in [1.165, 1.54) is 51.4 Å². The monoisotopic (exact) mass is 758 g/mol. The molecule has 0 fully saturated rings. The Morgan fingerprint density at radius 1 is 0.556 bits per heavy atom. The van der Waals surface area contributed by atoms with Crippen LogP contribution in [0.2, 0.25) is 0 Å². The lowest BCUT2D eigenvalue weighted by molar-refractivity contribution is -0.889. The summed E-state index contributed by atoms with van der Waals surface area (Å²) >= 11 is 0. The normalized spacial score (nSPS) is 13.6. The maximum atomic E-state index is 12.7. The predicted octanol–water partition coefficient (Wildman–Crippen LogP) is 10.1. The Balaban J connectivity index is 4.44. The van der Waals surface area contributed by atoms with E-state index >= 15 is 0 Å². The molecule has 0 aromatic heterocycles. The SMILES string of the molecule is CCCCC/C=C/C=C/C=C/C=C/CCCCCCCC(=O)OC(COCCC(C(=O)[O-])[N+](C)(C)C)COC(=O)CCCCCCC/C=C/CCCCC. The maximum absolute atomic E-state index is 12.7. The zero-order valence-corrected chi connectivity index (χ0v) is 35.1. The molecule has 0 aromatic carbocycles. The molecule has 2 unspecified atom stereocenters. The Hall–Kier alpha value is -2.97. The molecule has 0 aliphatic carbocycles. The van der Waals surface area contributed by atoms with Crippen LogP contribution in [-0.2, 0) is 28.6 Å². The first kappa shape index (κ1) is 51.0. The topological polar surface area (TPSA) is 102 Å². The first-order chi connectivity index (χ1) is 26.1. The first-order valence-electron chi connectivity index (χ1n) is 21.4. The van der Waals surface area contributed by atoms with Crippen LogP contribution in [0.5, 0.6) is 0 Å². The molecule has 2 atom stereocenters. The Morgan fingerprint density at radius 2 is 1.00 bits per heavy atom. The molecule has 0 aromatic rings. The minimum Gasteiger partial charge on any atom is -0.544 e. The van der Waals surface area contributed by atoms with Gasteiger partial charge in [-0.15, -0.1) is 0 Å². The van der Waals surface area contributed by atoms with Crippen LogP contribution in [0.15, 0.2) is 60.8 Å². The Bertz CT molecular complexity index is 1070. The molecule has 0 saturated carbocycles. The number of unbranched alkanes of at least 4 members (excludes halogenated alkanes) is 16. The van der Waals surface area contributed by atoms with E-state index in [2.05, 4.69) is 68.5 Å². The molecule has 54 heavy (non-hydrogen) atoms. The number of rotatable bonds is 37. The van der Waals surface area contributed by atoms with Gasteiger partial charge in [0.15, 0.2) is 6.10 Å². The van der Waals surface area contributed by atoms with Crippen molar-refractivity contribution in [2.75, 3.05) is 41.0 Å². The fourth-order valence-electron chi connectivity index (χ4n) is 5.84. The summed E-state index contributed by atoms with van der Waals surface area (Å²) in [5.41, 5.74) is 0. The Kier molecular flexibility index (Phi) is 34.9. The fraction of sp³-hybridized carbons (Fsp3) is 0.717. The molecule has 0 N–H and O–H groups in total. The third-order valence-corrected chi connectivity index (χ3v) is 9.22. The molecular formula is C46H79NO7. The summed E-state index contributed by atoms with van der Waals surface area (Å²) in [5, 5.41) is 11.6. The van der Waals surface area contributed by atoms with Crippen molar-refractivity contribution < 1.29 is 38.2 Å². The van der Waals surface area contributed by atoms with E-state index in [1.807, 2.05) is 6.08 Å². The molecular weight excluding hydrogens is 679 g/mol. The van der Waals surface area contributed by atoms with Crippen LogP contribution in [0.4, 0.5) is 0 Å². The lowest BCUT2D eigenvalue weighted by atomic mass is 10.1. The predicted molar refractivity (Wildman–Crippen MR) is 222 cm³/mol. The number of allylic oxidation sites excluding steroid dienone is 10. The summed E-state index contributed by atoms with van der Waals surface area (Å²) in [7, 11) is 5.38. The van der Waals surface area contributed by atoms with Crippen molar-refractivity contribution in [2.24, 2.45) is 0 Å². The van der Waals surface area contributed by atoms with Gasteiger partial charge in [-0.3, -0.25) is 9.59 Å². The van der Waals surface area contributed by atoms with Gasteiger partial charge in [-0.1, -0.05) is 139 Å². The highest BCUT2D eigenvalue weighted by atomic mass is 16.6. The van der Waals surface area contributed by atoms with Crippen molar-refractivity contribution in [3.05, 3.63) is 60.8 Å². The number of esters is 2. The number of quaternary nitrogens is 1. The van der Waals surface area contributed by atoms with Gasteiger partial charge in [0.1, 0.15) is 12.6 Å². The average Bonchev–Trinajstić information content (AvgIpc) is 3.12. The number of carbonyl (C=O) groups excluding carboxylic acids is 3. The third-order valence-electron chi connectivity index (χ3n) is 9.22. The molecule has 0 heterocycles. The van der Waals surface area contributed by atoms with Gasteiger partial charge < -0.3 is 28.6 Å². The van der Waals surface area contributed by atoms with Gasteiger partial charge in [-0.05, 0) is 64.2 Å². The number of carboxylic acids is 1. The molecule has 0 aliphatic rings. The van der Waals surface area contributed by atoms with E-state index < -0.39 is 18.1 Å². The second-order valence-electron chi connectivity index (χ2n) is 15.3. The summed E-state index contributed by atoms with van der Waals surface area (Å²) < 4.78 is 17.1. The molecule has 8 heteroatoms. The Labute approximate surface area is 330 Å². The van der Waals surface area contributed by atoms with E-state index in [4.69, 9.17) is 14.2 Å². The zero-order valence-electron chi connectivity index (χ0n) is 35.1. The second kappa shape index (κ2) is 37.0. The summed E-state index contributed by atoms with van der Waals surface area (Å²) in [6.45, 7) is 4.55. The van der Waals surface area contributed by atoms with Crippen LogP contribution in [0.25, 0.3) is 0 Å². The van der Waals surface area contributed by atoms with E-state index in [0.717, 1.165) is 77.0 Å². The van der Waals surface area contributed by atoms with Gasteiger partial charge >= 0.3 is 11.9 Å². The van der Waals surface area contributed by atoms with Crippen molar-refractivity contribution in [3.8, 4) is 0 Å². The van der Waals surface area contributed by atoms with E-state index in [1.54, 1.807) is 21.1 Å². The van der Waals surface area contributed by atoms with Gasteiger partial charge in [-0.25, -0.2) is 0 Å². The van der Waals surface area contributed by atoms with Crippen LogP contribution in [0.1, 0.15) is 162 Å². The maximum Gasteiger partial charge on any atom is 0.306 e. The number of aliphatic carboxylic acids is 1. The number of carboxylic acid groups (broad SMARTS) is 1. The molecule has 0 amide bonds. The second-order valence-corrected chi connectivity index (χ2v) is 15.3. The minimum atomic E-state index is -1.13. The van der Waals surface area contributed by atoms with Gasteiger partial charge in [0, 0.05) is 19.3 Å². The van der Waals surface area contributed by atoms with Crippen LogP contribution >= 0.6 is 0 Å². The van der Waals surface area contributed by atoms with Gasteiger partial charge in [0.25, 0.3) is 0 Å². The summed E-state index contributed by atoms with van der Waals surface area (Å²) in [6.07, 6.45) is 43.8. The van der Waals surface area contributed by atoms with E-state index in [0.29, 0.717) is 12.8 Å². The quantitative estimate of drug-likeness (QED) is 0.0204. The van der Waals surface area contributed by atoms with Crippen molar-refractivity contribution in [2.45, 2.75) is 174 Å². The van der Waals surface area contributed by atoms with Gasteiger partial charge in [0.2, 0.25) is 0 Å². The summed E-state index contributed by atoms with van der Waals surface area (Å²) in [6, 6.07) is -0.733. The molecule has 0 aliphatic heterocycles. The van der Waals surface area contributed by atoms with E-state index in [9.17, 15) is 19.5 Å². The smallest absolute Gasteiger partial charge is 0.306 e. The van der Waals surface area contributed by atoms with Crippen LogP contribution in [0.3, 0.4) is 0 Å². The van der Waals surface area contributed by atoms with Gasteiger partial charge in [-0.2, -0.15) is 0 Å². The lowest BCUT2D eigenvalue weighted by Crippen LogP contribution is -2.55. The van der Waals surface area contributed by atoms with Crippen molar-refractivity contribution in [1.29, 1.82) is 0 Å². The number of ether oxygens (including phenoxy) is 3. The standard InChI is InChI=1S/C46H79NO7/c1-6-8-10-12-14-16-18-20-21-22-23-24-25-27-29-31-33-35-37-45(49)54-42(40-52-39-38-43(46(50)51)47(3,4)5)41-53-44(48)36-34-32-30-28-26-19-17-15-13-11-9-7-2/h14-18,20-24,42-43H,6-13,19,25-41H2,1-5H3/b16-14+,17-15+,20-18+,22-21+,24-23+.